The fraction of sp³-hybridized carbons (Fsp3) is 0.909. The maximum Gasteiger partial charge on any atom is 0.389 e. The summed E-state index contributed by atoms with van der Waals surface area (Å²) in [6.45, 7) is 4.25. The van der Waals surface area contributed by atoms with E-state index in [-0.39, 0.29) is 12.4 Å². The maximum atomic E-state index is 11.8. The van der Waals surface area contributed by atoms with Gasteiger partial charge in [0.15, 0.2) is 0 Å². The average Bonchev–Trinajstić information content (AvgIpc) is 2.22. The Morgan fingerprint density at radius 2 is 1.94 bits per heavy atom. The summed E-state index contributed by atoms with van der Waals surface area (Å²) in [5, 5.41) is 2.90. The molecule has 6 heteroatoms. The quantitative estimate of drug-likeness (QED) is 0.535. The Bertz CT molecular complexity index is 219. The van der Waals surface area contributed by atoms with Gasteiger partial charge in [0.1, 0.15) is 6.04 Å². The molecule has 0 saturated carbocycles. The van der Waals surface area contributed by atoms with Crippen LogP contribution in [0.25, 0.3) is 0 Å². The molecule has 3 nitrogen and oxygen atoms in total. The van der Waals surface area contributed by atoms with E-state index in [1.54, 1.807) is 6.92 Å². The molecule has 0 aromatic heterocycles. The van der Waals surface area contributed by atoms with Crippen molar-refractivity contribution in [3.8, 4) is 0 Å². The van der Waals surface area contributed by atoms with Gasteiger partial charge in [-0.1, -0.05) is 6.92 Å². The predicted octanol–water partition coefficient (Wildman–Crippen LogP) is 2.65. The van der Waals surface area contributed by atoms with Crippen molar-refractivity contribution in [2.75, 3.05) is 13.2 Å². The normalized spacial score (nSPS) is 13.5. The molecule has 0 rings (SSSR count). The highest BCUT2D eigenvalue weighted by Crippen LogP contribution is 2.21. The number of esters is 1. The molecule has 1 N–H and O–H groups in total. The summed E-state index contributed by atoms with van der Waals surface area (Å²) in [5.74, 6) is -0.342. The molecule has 0 aliphatic rings. The van der Waals surface area contributed by atoms with E-state index in [0.29, 0.717) is 26.0 Å². The minimum absolute atomic E-state index is 0.0791. The van der Waals surface area contributed by atoms with Crippen LogP contribution in [-0.2, 0) is 9.53 Å². The summed E-state index contributed by atoms with van der Waals surface area (Å²) in [6, 6.07) is -0.416. The Hall–Kier alpha value is -0.780. The van der Waals surface area contributed by atoms with Gasteiger partial charge in [-0.2, -0.15) is 13.2 Å². The first kappa shape index (κ1) is 16.2. The van der Waals surface area contributed by atoms with Crippen LogP contribution in [0.15, 0.2) is 0 Å². The number of carbonyl (C=O) groups is 1. The van der Waals surface area contributed by atoms with Gasteiger partial charge < -0.3 is 10.1 Å². The topological polar surface area (TPSA) is 38.3 Å². The third-order valence-electron chi connectivity index (χ3n) is 2.26. The SMILES string of the molecule is CCOC(=O)C(CC)NCCCCC(F)(F)F. The molecule has 0 aromatic carbocycles. The van der Waals surface area contributed by atoms with Crippen molar-refractivity contribution in [3.63, 3.8) is 0 Å². The molecule has 1 unspecified atom stereocenters. The lowest BCUT2D eigenvalue weighted by atomic mass is 10.2. The van der Waals surface area contributed by atoms with Crippen LogP contribution >= 0.6 is 0 Å². The number of rotatable bonds is 8. The van der Waals surface area contributed by atoms with Gasteiger partial charge in [0, 0.05) is 6.42 Å². The van der Waals surface area contributed by atoms with Crippen molar-refractivity contribution in [2.45, 2.75) is 51.7 Å². The van der Waals surface area contributed by atoms with Gasteiger partial charge in [-0.15, -0.1) is 0 Å². The summed E-state index contributed by atoms with van der Waals surface area (Å²) < 4.78 is 40.4. The van der Waals surface area contributed by atoms with Gasteiger partial charge in [0.25, 0.3) is 0 Å². The molecule has 0 aliphatic heterocycles. The molecule has 0 radical (unpaired) electrons. The summed E-state index contributed by atoms with van der Waals surface area (Å²) in [4.78, 5) is 11.3. The van der Waals surface area contributed by atoms with Crippen molar-refractivity contribution in [2.24, 2.45) is 0 Å². The first-order chi connectivity index (χ1) is 7.90. The fourth-order valence-corrected chi connectivity index (χ4v) is 1.36. The van der Waals surface area contributed by atoms with E-state index in [1.165, 1.54) is 0 Å². The van der Waals surface area contributed by atoms with Crippen molar-refractivity contribution in [1.82, 2.24) is 5.32 Å². The largest absolute Gasteiger partial charge is 0.465 e. The van der Waals surface area contributed by atoms with Gasteiger partial charge >= 0.3 is 12.1 Å². The lowest BCUT2D eigenvalue weighted by Crippen LogP contribution is -2.38. The van der Waals surface area contributed by atoms with Crippen LogP contribution in [0.2, 0.25) is 0 Å². The molecule has 102 valence electrons. The molecule has 0 aromatic rings. The van der Waals surface area contributed by atoms with Crippen molar-refractivity contribution in [3.05, 3.63) is 0 Å². The Morgan fingerprint density at radius 3 is 2.41 bits per heavy atom. The number of hydrogen-bond acceptors (Lipinski definition) is 3. The van der Waals surface area contributed by atoms with Crippen LogP contribution < -0.4 is 5.32 Å². The van der Waals surface area contributed by atoms with Crippen molar-refractivity contribution >= 4 is 5.97 Å². The highest BCUT2D eigenvalue weighted by Gasteiger charge is 2.25. The molecule has 0 heterocycles. The zero-order chi connectivity index (χ0) is 13.3. The van der Waals surface area contributed by atoms with E-state index in [2.05, 4.69) is 5.32 Å². The fourth-order valence-electron chi connectivity index (χ4n) is 1.36. The van der Waals surface area contributed by atoms with E-state index >= 15 is 0 Å². The molecule has 0 fully saturated rings. The Kier molecular flexibility index (Phi) is 7.95. The summed E-state index contributed by atoms with van der Waals surface area (Å²) in [5.41, 5.74) is 0. The molecule has 0 spiro atoms. The maximum absolute atomic E-state index is 11.8. The lowest BCUT2D eigenvalue weighted by molar-refractivity contribution is -0.146. The van der Waals surface area contributed by atoms with Crippen LogP contribution in [0.3, 0.4) is 0 Å². The minimum atomic E-state index is -4.09. The highest BCUT2D eigenvalue weighted by atomic mass is 19.4. The molecule has 0 bridgehead atoms. The van der Waals surface area contributed by atoms with Crippen molar-refractivity contribution in [1.29, 1.82) is 0 Å². The monoisotopic (exact) mass is 255 g/mol. The zero-order valence-electron chi connectivity index (χ0n) is 10.3. The van der Waals surface area contributed by atoms with E-state index in [1.807, 2.05) is 6.92 Å². The van der Waals surface area contributed by atoms with Gasteiger partial charge in [-0.05, 0) is 32.7 Å². The Labute approximate surface area is 99.7 Å². The number of ether oxygens (including phenoxy) is 1. The summed E-state index contributed by atoms with van der Waals surface area (Å²) >= 11 is 0. The standard InChI is InChI=1S/C11H20F3NO2/c1-3-9(10(16)17-4-2)15-8-6-5-7-11(12,13)14/h9,15H,3-8H2,1-2H3. The van der Waals surface area contributed by atoms with E-state index in [4.69, 9.17) is 4.74 Å². The van der Waals surface area contributed by atoms with Crippen LogP contribution in [0.5, 0.6) is 0 Å². The van der Waals surface area contributed by atoms with Crippen LogP contribution in [0.1, 0.15) is 39.5 Å². The highest BCUT2D eigenvalue weighted by molar-refractivity contribution is 5.75. The smallest absolute Gasteiger partial charge is 0.389 e. The second-order valence-corrected chi connectivity index (χ2v) is 3.74. The van der Waals surface area contributed by atoms with Crippen LogP contribution in [0.4, 0.5) is 13.2 Å². The number of halogens is 3. The Morgan fingerprint density at radius 1 is 1.29 bits per heavy atom. The Balaban J connectivity index is 3.67. The third-order valence-corrected chi connectivity index (χ3v) is 2.26. The number of alkyl halides is 3. The number of carbonyl (C=O) groups excluding carboxylic acids is 1. The number of unbranched alkanes of at least 4 members (excludes halogenated alkanes) is 1. The molecular formula is C11H20F3NO2. The van der Waals surface area contributed by atoms with Crippen LogP contribution in [0, 0.1) is 0 Å². The predicted molar refractivity (Wildman–Crippen MR) is 58.6 cm³/mol. The molecule has 17 heavy (non-hydrogen) atoms. The number of hydrogen-bond donors (Lipinski definition) is 1. The lowest BCUT2D eigenvalue weighted by Gasteiger charge is -2.15. The van der Waals surface area contributed by atoms with E-state index in [9.17, 15) is 18.0 Å². The number of nitrogens with one attached hydrogen (secondary N) is 1. The van der Waals surface area contributed by atoms with E-state index < -0.39 is 18.6 Å². The minimum Gasteiger partial charge on any atom is -0.465 e. The summed E-state index contributed by atoms with van der Waals surface area (Å²) in [7, 11) is 0. The first-order valence-electron chi connectivity index (χ1n) is 5.87. The molecular weight excluding hydrogens is 235 g/mol. The van der Waals surface area contributed by atoms with E-state index in [0.717, 1.165) is 0 Å². The molecule has 0 amide bonds. The molecule has 1 atom stereocenters. The van der Waals surface area contributed by atoms with Gasteiger partial charge in [-0.3, -0.25) is 4.79 Å². The van der Waals surface area contributed by atoms with Gasteiger partial charge in [0.2, 0.25) is 0 Å². The van der Waals surface area contributed by atoms with Crippen LogP contribution in [-0.4, -0.2) is 31.3 Å². The first-order valence-corrected chi connectivity index (χ1v) is 5.87. The van der Waals surface area contributed by atoms with Gasteiger partial charge in [0.05, 0.1) is 6.61 Å². The second-order valence-electron chi connectivity index (χ2n) is 3.74. The molecule has 0 aliphatic carbocycles. The van der Waals surface area contributed by atoms with Gasteiger partial charge in [-0.25, -0.2) is 0 Å². The van der Waals surface area contributed by atoms with Crippen molar-refractivity contribution < 1.29 is 22.7 Å². The second kappa shape index (κ2) is 8.33. The third kappa shape index (κ3) is 8.97. The average molecular weight is 255 g/mol. The summed E-state index contributed by atoms with van der Waals surface area (Å²) in [6.07, 6.45) is -3.82. The zero-order valence-corrected chi connectivity index (χ0v) is 10.3. The molecule has 0 saturated heterocycles.